The molecule has 0 aliphatic heterocycles. The van der Waals surface area contributed by atoms with Crippen molar-refractivity contribution in [1.82, 2.24) is 15.0 Å². The van der Waals surface area contributed by atoms with Crippen molar-refractivity contribution in [3.05, 3.63) is 83.9 Å². The summed E-state index contributed by atoms with van der Waals surface area (Å²) in [7, 11) is 1.60. The summed E-state index contributed by atoms with van der Waals surface area (Å²) in [6, 6.07) is 21.0. The standard InChI is InChI=1S/C28H27N5O5/c1-4-37-25(34)19-6-12-21(13-7-19)29-27-31-24(18-10-16-23(36-3)17-11-18)32-28(33-27)30-22-14-8-20(9-15-22)26(35)38-5-2/h6-17H,4-5H2,1-3H3,(H2,29,30,31,32,33). The molecule has 0 aliphatic carbocycles. The van der Waals surface area contributed by atoms with Gasteiger partial charge in [-0.05, 0) is 86.6 Å². The lowest BCUT2D eigenvalue weighted by molar-refractivity contribution is 0.0517. The van der Waals surface area contributed by atoms with Gasteiger partial charge in [-0.3, -0.25) is 0 Å². The molecule has 2 N–H and O–H groups in total. The van der Waals surface area contributed by atoms with Crippen molar-refractivity contribution in [2.75, 3.05) is 31.0 Å². The smallest absolute Gasteiger partial charge is 0.338 e. The number of nitrogens with one attached hydrogen (secondary N) is 2. The molecule has 0 spiro atoms. The van der Waals surface area contributed by atoms with Crippen LogP contribution in [0.3, 0.4) is 0 Å². The highest BCUT2D eigenvalue weighted by Crippen LogP contribution is 2.24. The minimum absolute atomic E-state index is 0.292. The zero-order chi connectivity index (χ0) is 26.9. The Balaban J connectivity index is 1.62. The molecule has 194 valence electrons. The molecule has 4 aromatic rings. The first-order valence-electron chi connectivity index (χ1n) is 12.0. The van der Waals surface area contributed by atoms with E-state index in [4.69, 9.17) is 14.2 Å². The molecule has 0 radical (unpaired) electrons. The van der Waals surface area contributed by atoms with Crippen molar-refractivity contribution in [3.63, 3.8) is 0 Å². The van der Waals surface area contributed by atoms with Gasteiger partial charge in [-0.1, -0.05) is 0 Å². The van der Waals surface area contributed by atoms with Crippen LogP contribution in [-0.4, -0.2) is 47.2 Å². The molecule has 0 aliphatic rings. The van der Waals surface area contributed by atoms with Crippen molar-refractivity contribution < 1.29 is 23.8 Å². The van der Waals surface area contributed by atoms with Crippen molar-refractivity contribution in [3.8, 4) is 17.1 Å². The third-order valence-corrected chi connectivity index (χ3v) is 5.29. The van der Waals surface area contributed by atoms with Crippen LogP contribution >= 0.6 is 0 Å². The Labute approximate surface area is 220 Å². The Morgan fingerprint density at radius 2 is 1.11 bits per heavy atom. The van der Waals surface area contributed by atoms with Crippen molar-refractivity contribution >= 4 is 35.2 Å². The molecule has 10 heteroatoms. The second kappa shape index (κ2) is 12.3. The lowest BCUT2D eigenvalue weighted by Crippen LogP contribution is -2.07. The molecule has 0 bridgehead atoms. The number of hydrogen-bond acceptors (Lipinski definition) is 10. The Hall–Kier alpha value is -4.99. The highest BCUT2D eigenvalue weighted by Gasteiger charge is 2.12. The van der Waals surface area contributed by atoms with Gasteiger partial charge in [0.05, 0.1) is 31.5 Å². The summed E-state index contributed by atoms with van der Waals surface area (Å²) in [6.07, 6.45) is 0. The fraction of sp³-hybridized carbons (Fsp3) is 0.179. The second-order valence-electron chi connectivity index (χ2n) is 7.88. The van der Waals surface area contributed by atoms with Crippen LogP contribution < -0.4 is 15.4 Å². The van der Waals surface area contributed by atoms with Crippen LogP contribution in [-0.2, 0) is 9.47 Å². The van der Waals surface area contributed by atoms with Crippen molar-refractivity contribution in [1.29, 1.82) is 0 Å². The van der Waals surface area contributed by atoms with Gasteiger partial charge >= 0.3 is 11.9 Å². The van der Waals surface area contributed by atoms with Gasteiger partial charge < -0.3 is 24.8 Å². The number of esters is 2. The molecule has 0 fully saturated rings. The van der Waals surface area contributed by atoms with Crippen LogP contribution in [0.1, 0.15) is 34.6 Å². The van der Waals surface area contributed by atoms with E-state index in [2.05, 4.69) is 25.6 Å². The number of rotatable bonds is 10. The van der Waals surface area contributed by atoms with Crippen molar-refractivity contribution in [2.24, 2.45) is 0 Å². The first-order chi connectivity index (χ1) is 18.5. The number of benzene rings is 3. The zero-order valence-electron chi connectivity index (χ0n) is 21.2. The Kier molecular flexibility index (Phi) is 8.45. The summed E-state index contributed by atoms with van der Waals surface area (Å²) in [5.41, 5.74) is 3.00. The van der Waals surface area contributed by atoms with Gasteiger partial charge in [0.1, 0.15) is 5.75 Å². The minimum Gasteiger partial charge on any atom is -0.497 e. The van der Waals surface area contributed by atoms with Gasteiger partial charge in [0.2, 0.25) is 11.9 Å². The van der Waals surface area contributed by atoms with E-state index >= 15 is 0 Å². The third-order valence-electron chi connectivity index (χ3n) is 5.29. The highest BCUT2D eigenvalue weighted by molar-refractivity contribution is 5.90. The number of carbonyl (C=O) groups is 2. The minimum atomic E-state index is -0.388. The number of anilines is 4. The first kappa shape index (κ1) is 26.1. The van der Waals surface area contributed by atoms with Crippen LogP contribution in [0.2, 0.25) is 0 Å². The van der Waals surface area contributed by atoms with E-state index in [0.29, 0.717) is 59.2 Å². The summed E-state index contributed by atoms with van der Waals surface area (Å²) in [5.74, 6) is 0.949. The molecule has 3 aromatic carbocycles. The first-order valence-corrected chi connectivity index (χ1v) is 12.0. The van der Waals surface area contributed by atoms with E-state index < -0.39 is 0 Å². The van der Waals surface area contributed by atoms with Gasteiger partial charge in [0.15, 0.2) is 5.82 Å². The molecule has 4 rings (SSSR count). The van der Waals surface area contributed by atoms with Gasteiger partial charge in [-0.15, -0.1) is 0 Å². The monoisotopic (exact) mass is 513 g/mol. The normalized spacial score (nSPS) is 10.4. The average Bonchev–Trinajstić information content (AvgIpc) is 2.94. The summed E-state index contributed by atoms with van der Waals surface area (Å²) < 4.78 is 15.3. The number of methoxy groups -OCH3 is 1. The van der Waals surface area contributed by atoms with E-state index in [0.717, 1.165) is 5.56 Å². The Morgan fingerprint density at radius 1 is 0.658 bits per heavy atom. The van der Waals surface area contributed by atoms with E-state index in [1.165, 1.54) is 0 Å². The molecule has 1 aromatic heterocycles. The zero-order valence-corrected chi connectivity index (χ0v) is 21.2. The molecule has 10 nitrogen and oxygen atoms in total. The molecule has 0 saturated heterocycles. The molecular weight excluding hydrogens is 486 g/mol. The summed E-state index contributed by atoms with van der Waals surface area (Å²) in [5, 5.41) is 6.32. The van der Waals surface area contributed by atoms with E-state index in [9.17, 15) is 9.59 Å². The molecular formula is C28H27N5O5. The molecule has 0 saturated carbocycles. The Morgan fingerprint density at radius 3 is 1.50 bits per heavy atom. The topological polar surface area (TPSA) is 125 Å². The maximum atomic E-state index is 12.0. The van der Waals surface area contributed by atoms with Gasteiger partial charge in [0, 0.05) is 16.9 Å². The number of hydrogen-bond donors (Lipinski definition) is 2. The lowest BCUT2D eigenvalue weighted by Gasteiger charge is -2.11. The quantitative estimate of drug-likeness (QED) is 0.267. The van der Waals surface area contributed by atoms with E-state index in [-0.39, 0.29) is 11.9 Å². The van der Waals surface area contributed by atoms with Gasteiger partial charge in [-0.2, -0.15) is 15.0 Å². The van der Waals surface area contributed by atoms with Crippen LogP contribution in [0, 0.1) is 0 Å². The fourth-order valence-corrected chi connectivity index (χ4v) is 3.42. The highest BCUT2D eigenvalue weighted by atomic mass is 16.5. The summed E-state index contributed by atoms with van der Waals surface area (Å²) in [4.78, 5) is 37.6. The number of nitrogens with zero attached hydrogens (tertiary/aromatic N) is 3. The van der Waals surface area contributed by atoms with Crippen LogP contribution in [0.4, 0.5) is 23.3 Å². The maximum absolute atomic E-state index is 12.0. The van der Waals surface area contributed by atoms with Crippen LogP contribution in [0.25, 0.3) is 11.4 Å². The SMILES string of the molecule is CCOC(=O)c1ccc(Nc2nc(Nc3ccc(C(=O)OCC)cc3)nc(-c3ccc(OC)cc3)n2)cc1. The third kappa shape index (κ3) is 6.61. The van der Waals surface area contributed by atoms with Crippen LogP contribution in [0.5, 0.6) is 5.75 Å². The van der Waals surface area contributed by atoms with E-state index in [1.54, 1.807) is 69.5 Å². The average molecular weight is 514 g/mol. The number of ether oxygens (including phenoxy) is 3. The predicted molar refractivity (Wildman–Crippen MR) is 143 cm³/mol. The summed E-state index contributed by atoms with van der Waals surface area (Å²) in [6.45, 7) is 4.13. The fourth-order valence-electron chi connectivity index (χ4n) is 3.42. The predicted octanol–water partition coefficient (Wildman–Crippen LogP) is 5.39. The molecule has 0 unspecified atom stereocenters. The molecule has 0 atom stereocenters. The largest absolute Gasteiger partial charge is 0.497 e. The Bertz CT molecular complexity index is 1310. The number of aromatic nitrogens is 3. The molecule has 38 heavy (non-hydrogen) atoms. The van der Waals surface area contributed by atoms with Gasteiger partial charge in [0.25, 0.3) is 0 Å². The molecule has 0 amide bonds. The molecule has 1 heterocycles. The lowest BCUT2D eigenvalue weighted by atomic mass is 10.2. The van der Waals surface area contributed by atoms with Crippen LogP contribution in [0.15, 0.2) is 72.8 Å². The maximum Gasteiger partial charge on any atom is 0.338 e. The number of carbonyl (C=O) groups excluding carboxylic acids is 2. The summed E-state index contributed by atoms with van der Waals surface area (Å²) >= 11 is 0. The van der Waals surface area contributed by atoms with Crippen molar-refractivity contribution in [2.45, 2.75) is 13.8 Å². The van der Waals surface area contributed by atoms with Gasteiger partial charge in [-0.25, -0.2) is 9.59 Å². The second-order valence-corrected chi connectivity index (χ2v) is 7.88. The van der Waals surface area contributed by atoms with E-state index in [1.807, 2.05) is 24.3 Å².